The summed E-state index contributed by atoms with van der Waals surface area (Å²) in [7, 11) is -0.171. The topological polar surface area (TPSA) is 55.8 Å². The molecule has 2 saturated heterocycles. The number of hydrogen-bond acceptors (Lipinski definition) is 5. The van der Waals surface area contributed by atoms with Crippen molar-refractivity contribution in [3.8, 4) is 0 Å². The monoisotopic (exact) mass is 403 g/mol. The van der Waals surface area contributed by atoms with Crippen molar-refractivity contribution in [2.24, 2.45) is 5.92 Å². The van der Waals surface area contributed by atoms with E-state index in [2.05, 4.69) is 45.8 Å². The Labute approximate surface area is 169 Å². The fourth-order valence-electron chi connectivity index (χ4n) is 4.10. The standard InChI is InChI=1S/C22H33NO4Si/c1-22(2,3)28(5,6)27-21(25)19-17-13-12-16(23(17)4)14-18(19)26-20(24)15-10-8-7-9-11-15/h7-11,16-19H,12-14H2,1-6H3. The molecule has 0 aliphatic carbocycles. The van der Waals surface area contributed by atoms with Crippen LogP contribution in [0.3, 0.4) is 0 Å². The van der Waals surface area contributed by atoms with Crippen LogP contribution < -0.4 is 0 Å². The minimum absolute atomic E-state index is 0.0579. The molecule has 0 radical (unpaired) electrons. The van der Waals surface area contributed by atoms with Crippen molar-refractivity contribution in [2.75, 3.05) is 7.05 Å². The minimum Gasteiger partial charge on any atom is -0.519 e. The van der Waals surface area contributed by atoms with Gasteiger partial charge in [-0.25, -0.2) is 4.79 Å². The van der Waals surface area contributed by atoms with Crippen molar-refractivity contribution in [2.45, 2.75) is 76.4 Å². The number of ether oxygens (including phenoxy) is 1. The number of nitrogens with zero attached hydrogens (tertiary/aromatic N) is 1. The summed E-state index contributed by atoms with van der Waals surface area (Å²) in [4.78, 5) is 28.3. The molecule has 6 heteroatoms. The van der Waals surface area contributed by atoms with Crippen LogP contribution in [0.4, 0.5) is 0 Å². The highest BCUT2D eigenvalue weighted by atomic mass is 28.4. The first kappa shape index (κ1) is 21.1. The smallest absolute Gasteiger partial charge is 0.338 e. The molecule has 28 heavy (non-hydrogen) atoms. The molecule has 3 rings (SSSR count). The Morgan fingerprint density at radius 3 is 2.36 bits per heavy atom. The predicted molar refractivity (Wildman–Crippen MR) is 112 cm³/mol. The van der Waals surface area contributed by atoms with E-state index in [1.807, 2.05) is 18.2 Å². The number of piperidine rings is 1. The number of rotatable bonds is 4. The Morgan fingerprint density at radius 2 is 1.75 bits per heavy atom. The summed E-state index contributed by atoms with van der Waals surface area (Å²) in [5.41, 5.74) is 0.519. The molecule has 0 amide bonds. The minimum atomic E-state index is -2.24. The molecule has 0 saturated carbocycles. The maximum atomic E-state index is 13.3. The van der Waals surface area contributed by atoms with E-state index in [1.165, 1.54) is 0 Å². The van der Waals surface area contributed by atoms with E-state index < -0.39 is 20.3 Å². The maximum absolute atomic E-state index is 13.3. The fourth-order valence-corrected chi connectivity index (χ4v) is 5.05. The van der Waals surface area contributed by atoms with Gasteiger partial charge in [-0.2, -0.15) is 0 Å². The van der Waals surface area contributed by atoms with E-state index in [-0.39, 0.29) is 23.0 Å². The Hall–Kier alpha value is -1.66. The molecule has 1 aromatic rings. The van der Waals surface area contributed by atoms with Gasteiger partial charge in [-0.1, -0.05) is 39.0 Å². The lowest BCUT2D eigenvalue weighted by Crippen LogP contribution is -2.55. The highest BCUT2D eigenvalue weighted by Gasteiger charge is 2.53. The van der Waals surface area contributed by atoms with Crippen molar-refractivity contribution in [3.05, 3.63) is 35.9 Å². The van der Waals surface area contributed by atoms with Crippen LogP contribution in [0.1, 0.15) is 50.4 Å². The highest BCUT2D eigenvalue weighted by molar-refractivity contribution is 6.75. The summed E-state index contributed by atoms with van der Waals surface area (Å²) in [6.45, 7) is 10.5. The van der Waals surface area contributed by atoms with Gasteiger partial charge < -0.3 is 9.16 Å². The van der Waals surface area contributed by atoms with Crippen molar-refractivity contribution in [1.29, 1.82) is 0 Å². The SMILES string of the molecule is CN1C2CCC1C(C(=O)O[Si](C)(C)C(C)(C)C)C(OC(=O)c1ccccc1)C2. The second-order valence-electron chi connectivity index (χ2n) is 9.72. The number of benzene rings is 1. The van der Waals surface area contributed by atoms with E-state index in [0.29, 0.717) is 18.0 Å². The third kappa shape index (κ3) is 4.03. The Morgan fingerprint density at radius 1 is 1.11 bits per heavy atom. The van der Waals surface area contributed by atoms with Gasteiger partial charge in [-0.05, 0) is 50.2 Å². The normalized spacial score (nSPS) is 28.1. The molecule has 2 bridgehead atoms. The number of fused-ring (bicyclic) bond motifs is 2. The zero-order valence-corrected chi connectivity index (χ0v) is 18.9. The van der Waals surface area contributed by atoms with E-state index in [0.717, 1.165) is 12.8 Å². The third-order valence-corrected chi connectivity index (χ3v) is 11.2. The average Bonchev–Trinajstić information content (AvgIpc) is 2.85. The summed E-state index contributed by atoms with van der Waals surface area (Å²) < 4.78 is 12.0. The Balaban J connectivity index is 1.82. The van der Waals surface area contributed by atoms with Gasteiger partial charge in [0.1, 0.15) is 12.0 Å². The molecular formula is C22H33NO4Si. The van der Waals surface area contributed by atoms with Crippen LogP contribution in [0, 0.1) is 5.92 Å². The van der Waals surface area contributed by atoms with Gasteiger partial charge in [0.05, 0.1) is 5.56 Å². The first-order valence-electron chi connectivity index (χ1n) is 10.2. The molecular weight excluding hydrogens is 370 g/mol. The van der Waals surface area contributed by atoms with Crippen molar-refractivity contribution in [3.63, 3.8) is 0 Å². The first-order chi connectivity index (χ1) is 13.0. The molecule has 2 fully saturated rings. The maximum Gasteiger partial charge on any atom is 0.338 e. The van der Waals surface area contributed by atoms with Crippen molar-refractivity contribution in [1.82, 2.24) is 4.90 Å². The molecule has 1 aromatic carbocycles. The lowest BCUT2D eigenvalue weighted by Gasteiger charge is -2.43. The predicted octanol–water partition coefficient (Wildman–Crippen LogP) is 4.24. The fraction of sp³-hybridized carbons (Fsp3) is 0.636. The second-order valence-corrected chi connectivity index (χ2v) is 14.4. The van der Waals surface area contributed by atoms with Gasteiger partial charge in [-0.15, -0.1) is 0 Å². The van der Waals surface area contributed by atoms with Gasteiger partial charge in [0, 0.05) is 18.5 Å². The van der Waals surface area contributed by atoms with Gasteiger partial charge in [0.15, 0.2) is 0 Å². The average molecular weight is 404 g/mol. The Kier molecular flexibility index (Phi) is 5.74. The van der Waals surface area contributed by atoms with E-state index in [9.17, 15) is 9.59 Å². The summed E-state index contributed by atoms with van der Waals surface area (Å²) in [5.74, 6) is -0.986. The molecule has 0 spiro atoms. The van der Waals surface area contributed by atoms with Crippen LogP contribution in [0.25, 0.3) is 0 Å². The highest BCUT2D eigenvalue weighted by Crippen LogP contribution is 2.42. The molecule has 4 unspecified atom stereocenters. The zero-order valence-electron chi connectivity index (χ0n) is 17.9. The molecule has 5 nitrogen and oxygen atoms in total. The van der Waals surface area contributed by atoms with Crippen LogP contribution in [-0.2, 0) is 14.0 Å². The molecule has 4 atom stereocenters. The van der Waals surface area contributed by atoms with Gasteiger partial charge in [0.2, 0.25) is 0 Å². The van der Waals surface area contributed by atoms with Crippen LogP contribution in [-0.4, -0.2) is 50.4 Å². The lowest BCUT2D eigenvalue weighted by molar-refractivity contribution is -0.150. The van der Waals surface area contributed by atoms with E-state index >= 15 is 0 Å². The largest absolute Gasteiger partial charge is 0.519 e. The zero-order chi connectivity index (χ0) is 20.7. The van der Waals surface area contributed by atoms with Crippen LogP contribution in [0.5, 0.6) is 0 Å². The van der Waals surface area contributed by atoms with E-state index in [4.69, 9.17) is 9.16 Å². The number of hydrogen-bond donors (Lipinski definition) is 0. The quantitative estimate of drug-likeness (QED) is 0.556. The van der Waals surface area contributed by atoms with Crippen molar-refractivity contribution >= 4 is 20.3 Å². The second kappa shape index (κ2) is 7.63. The van der Waals surface area contributed by atoms with Gasteiger partial charge in [0.25, 0.3) is 8.32 Å². The van der Waals surface area contributed by atoms with Crippen LogP contribution in [0.15, 0.2) is 30.3 Å². The summed E-state index contributed by atoms with van der Waals surface area (Å²) in [5, 5.41) is -0.0579. The molecule has 2 heterocycles. The van der Waals surface area contributed by atoms with Crippen LogP contribution >= 0.6 is 0 Å². The summed E-state index contributed by atoms with van der Waals surface area (Å²) >= 11 is 0. The molecule has 2 aliphatic rings. The summed E-state index contributed by atoms with van der Waals surface area (Å²) in [6.07, 6.45) is 2.23. The molecule has 0 aromatic heterocycles. The van der Waals surface area contributed by atoms with Crippen LogP contribution in [0.2, 0.25) is 18.1 Å². The van der Waals surface area contributed by atoms with Crippen molar-refractivity contribution < 1.29 is 18.8 Å². The Bertz CT molecular complexity index is 728. The molecule has 0 N–H and O–H groups in total. The molecule has 2 aliphatic heterocycles. The van der Waals surface area contributed by atoms with E-state index in [1.54, 1.807) is 12.1 Å². The number of carbonyl (C=O) groups is 2. The van der Waals surface area contributed by atoms with Gasteiger partial charge in [-0.3, -0.25) is 9.69 Å². The number of esters is 1. The summed E-state index contributed by atoms with van der Waals surface area (Å²) in [6, 6.07) is 9.42. The number of carbonyl (C=O) groups excluding carboxylic acids is 2. The first-order valence-corrected chi connectivity index (χ1v) is 13.1. The third-order valence-electron chi connectivity index (χ3n) is 6.92. The molecule has 154 valence electrons. The van der Waals surface area contributed by atoms with Gasteiger partial charge >= 0.3 is 11.9 Å². The lowest BCUT2D eigenvalue weighted by atomic mass is 9.87.